The molecule has 1 aliphatic rings. The van der Waals surface area contributed by atoms with Gasteiger partial charge in [-0.3, -0.25) is 9.59 Å². The third-order valence-corrected chi connectivity index (χ3v) is 4.91. The highest BCUT2D eigenvalue weighted by atomic mass is 16.6. The number of carbonyl (C=O) groups is 3. The summed E-state index contributed by atoms with van der Waals surface area (Å²) < 4.78 is 10.2. The van der Waals surface area contributed by atoms with Crippen LogP contribution in [0, 0.1) is 12.8 Å². The van der Waals surface area contributed by atoms with Crippen LogP contribution in [0.3, 0.4) is 0 Å². The van der Waals surface area contributed by atoms with Crippen LogP contribution >= 0.6 is 0 Å². The van der Waals surface area contributed by atoms with Crippen molar-refractivity contribution in [3.63, 3.8) is 0 Å². The Bertz CT molecular complexity index is 716. The van der Waals surface area contributed by atoms with Crippen LogP contribution in [0.4, 0.5) is 4.79 Å². The van der Waals surface area contributed by atoms with Crippen LogP contribution in [0.1, 0.15) is 57.2 Å². The number of likely N-dealkylation sites (tertiary alicyclic amines) is 1. The molecular weight excluding hydrogens is 372 g/mol. The van der Waals surface area contributed by atoms with Gasteiger partial charge in [0.1, 0.15) is 5.60 Å². The summed E-state index contributed by atoms with van der Waals surface area (Å²) in [6.45, 7) is 8.42. The number of methoxy groups -OCH3 is 1. The van der Waals surface area contributed by atoms with Gasteiger partial charge in [-0.2, -0.15) is 0 Å². The van der Waals surface area contributed by atoms with Crippen molar-refractivity contribution in [3.8, 4) is 0 Å². The van der Waals surface area contributed by atoms with Gasteiger partial charge >= 0.3 is 12.1 Å². The number of nitrogens with zero attached hydrogens (tertiary/aromatic N) is 1. The number of aryl methyl sites for hydroxylation is 1. The lowest BCUT2D eigenvalue weighted by Gasteiger charge is -2.33. The third kappa shape index (κ3) is 7.07. The standard InChI is InChI=1S/C22H32N2O5/c1-15-6-8-16(9-7-15)18(14-19(25)28-5)23-20(26)17-10-12-24(13-11-17)21(27)29-22(2,3)4/h6-9,17-18H,10-14H2,1-5H3,(H,23,26). The molecule has 2 amide bonds. The molecule has 7 nitrogen and oxygen atoms in total. The van der Waals surface area contributed by atoms with Crippen LogP contribution in [0.5, 0.6) is 0 Å². The molecule has 0 saturated carbocycles. The molecule has 160 valence electrons. The highest BCUT2D eigenvalue weighted by Gasteiger charge is 2.31. The molecule has 2 rings (SSSR count). The number of esters is 1. The summed E-state index contributed by atoms with van der Waals surface area (Å²) in [5, 5.41) is 3.00. The van der Waals surface area contributed by atoms with Gasteiger partial charge < -0.3 is 19.7 Å². The van der Waals surface area contributed by atoms with Crippen LogP contribution < -0.4 is 5.32 Å². The fourth-order valence-corrected chi connectivity index (χ4v) is 3.24. The van der Waals surface area contributed by atoms with E-state index >= 15 is 0 Å². The van der Waals surface area contributed by atoms with Crippen molar-refractivity contribution in [2.45, 2.75) is 58.6 Å². The Morgan fingerprint density at radius 2 is 1.72 bits per heavy atom. The average molecular weight is 405 g/mol. The van der Waals surface area contributed by atoms with Gasteiger partial charge in [-0.05, 0) is 46.1 Å². The lowest BCUT2D eigenvalue weighted by atomic mass is 9.94. The zero-order chi connectivity index (χ0) is 21.6. The maximum Gasteiger partial charge on any atom is 0.410 e. The number of hydrogen-bond acceptors (Lipinski definition) is 5. The molecule has 7 heteroatoms. The SMILES string of the molecule is COC(=O)CC(NC(=O)C1CCN(C(=O)OC(C)(C)C)CC1)c1ccc(C)cc1. The quantitative estimate of drug-likeness (QED) is 0.761. The van der Waals surface area contributed by atoms with Crippen LogP contribution in [0.15, 0.2) is 24.3 Å². The monoisotopic (exact) mass is 404 g/mol. The van der Waals surface area contributed by atoms with Crippen molar-refractivity contribution in [2.24, 2.45) is 5.92 Å². The molecule has 1 heterocycles. The highest BCUT2D eigenvalue weighted by Crippen LogP contribution is 2.23. The number of amides is 2. The second kappa shape index (κ2) is 9.76. The van der Waals surface area contributed by atoms with E-state index in [1.54, 1.807) is 4.90 Å². The minimum atomic E-state index is -0.541. The molecule has 1 aromatic carbocycles. The number of hydrogen-bond donors (Lipinski definition) is 1. The van der Waals surface area contributed by atoms with Gasteiger partial charge in [0.2, 0.25) is 5.91 Å². The van der Waals surface area contributed by atoms with Crippen molar-refractivity contribution >= 4 is 18.0 Å². The Balaban J connectivity index is 1.97. The first-order chi connectivity index (χ1) is 13.6. The molecule has 1 fully saturated rings. The minimum absolute atomic E-state index is 0.0715. The Kier molecular flexibility index (Phi) is 7.65. The van der Waals surface area contributed by atoms with Crippen LogP contribution in [0.25, 0.3) is 0 Å². The summed E-state index contributed by atoms with van der Waals surface area (Å²) in [6, 6.07) is 7.28. The van der Waals surface area contributed by atoms with E-state index < -0.39 is 11.6 Å². The van der Waals surface area contributed by atoms with E-state index in [9.17, 15) is 14.4 Å². The predicted octanol–water partition coefficient (Wildman–Crippen LogP) is 3.36. The Labute approximate surface area is 172 Å². The molecule has 0 aliphatic carbocycles. The maximum absolute atomic E-state index is 12.8. The fraction of sp³-hybridized carbons (Fsp3) is 0.591. The van der Waals surface area contributed by atoms with Gasteiger partial charge in [0.25, 0.3) is 0 Å². The van der Waals surface area contributed by atoms with Crippen molar-refractivity contribution < 1.29 is 23.9 Å². The molecule has 0 bridgehead atoms. The first-order valence-electron chi connectivity index (χ1n) is 10.0. The van der Waals surface area contributed by atoms with Gasteiger partial charge in [0.05, 0.1) is 19.6 Å². The van der Waals surface area contributed by atoms with Gasteiger partial charge in [0.15, 0.2) is 0 Å². The van der Waals surface area contributed by atoms with E-state index in [4.69, 9.17) is 9.47 Å². The number of ether oxygens (including phenoxy) is 2. The lowest BCUT2D eigenvalue weighted by molar-refractivity contribution is -0.141. The zero-order valence-electron chi connectivity index (χ0n) is 18.0. The molecule has 1 aromatic rings. The van der Waals surface area contributed by atoms with Crippen molar-refractivity contribution in [2.75, 3.05) is 20.2 Å². The van der Waals surface area contributed by atoms with Crippen molar-refractivity contribution in [1.82, 2.24) is 10.2 Å². The van der Waals surface area contributed by atoms with Crippen molar-refractivity contribution in [3.05, 3.63) is 35.4 Å². The van der Waals surface area contributed by atoms with Crippen LogP contribution in [0.2, 0.25) is 0 Å². The summed E-state index contributed by atoms with van der Waals surface area (Å²) in [7, 11) is 1.34. The number of piperidine rings is 1. The topological polar surface area (TPSA) is 84.9 Å². The second-order valence-corrected chi connectivity index (χ2v) is 8.49. The molecule has 0 radical (unpaired) electrons. The molecule has 1 aliphatic heterocycles. The van der Waals surface area contributed by atoms with Gasteiger partial charge in [-0.1, -0.05) is 29.8 Å². The van der Waals surface area contributed by atoms with Crippen molar-refractivity contribution in [1.29, 1.82) is 0 Å². The van der Waals surface area contributed by atoms with Crippen LogP contribution in [-0.2, 0) is 19.1 Å². The molecular formula is C22H32N2O5. The molecule has 0 spiro atoms. The summed E-state index contributed by atoms with van der Waals surface area (Å²) in [6.07, 6.45) is 0.843. The Morgan fingerprint density at radius 3 is 2.24 bits per heavy atom. The van der Waals surface area contributed by atoms with E-state index in [0.717, 1.165) is 11.1 Å². The molecule has 1 N–H and O–H groups in total. The second-order valence-electron chi connectivity index (χ2n) is 8.49. The summed E-state index contributed by atoms with van der Waals surface area (Å²) >= 11 is 0. The zero-order valence-corrected chi connectivity index (χ0v) is 18.0. The summed E-state index contributed by atoms with van der Waals surface area (Å²) in [4.78, 5) is 38.5. The number of benzene rings is 1. The van der Waals surface area contributed by atoms with E-state index in [-0.39, 0.29) is 30.3 Å². The Morgan fingerprint density at radius 1 is 1.14 bits per heavy atom. The summed E-state index contributed by atoms with van der Waals surface area (Å²) in [5.41, 5.74) is 1.42. The highest BCUT2D eigenvalue weighted by molar-refractivity contribution is 5.80. The fourth-order valence-electron chi connectivity index (χ4n) is 3.24. The predicted molar refractivity (Wildman–Crippen MR) is 109 cm³/mol. The van der Waals surface area contributed by atoms with Gasteiger partial charge in [0, 0.05) is 19.0 Å². The minimum Gasteiger partial charge on any atom is -0.469 e. The molecule has 1 atom stereocenters. The molecule has 29 heavy (non-hydrogen) atoms. The van der Waals surface area contributed by atoms with E-state index in [0.29, 0.717) is 25.9 Å². The van der Waals surface area contributed by atoms with Gasteiger partial charge in [-0.15, -0.1) is 0 Å². The number of rotatable bonds is 5. The number of carbonyl (C=O) groups excluding carboxylic acids is 3. The lowest BCUT2D eigenvalue weighted by Crippen LogP contribution is -2.45. The van der Waals surface area contributed by atoms with Gasteiger partial charge in [-0.25, -0.2) is 4.79 Å². The maximum atomic E-state index is 12.8. The van der Waals surface area contributed by atoms with E-state index in [2.05, 4.69) is 5.32 Å². The first-order valence-corrected chi connectivity index (χ1v) is 10.0. The Hall–Kier alpha value is -2.57. The first kappa shape index (κ1) is 22.7. The van der Waals surface area contributed by atoms with E-state index in [1.165, 1.54) is 7.11 Å². The largest absolute Gasteiger partial charge is 0.469 e. The van der Waals surface area contributed by atoms with E-state index in [1.807, 2.05) is 52.0 Å². The molecule has 1 saturated heterocycles. The number of nitrogens with one attached hydrogen (secondary N) is 1. The normalized spacial score (nSPS) is 16.1. The summed E-state index contributed by atoms with van der Waals surface area (Å²) in [5.74, 6) is -0.696. The van der Waals surface area contributed by atoms with Crippen LogP contribution in [-0.4, -0.2) is 48.7 Å². The molecule has 0 aromatic heterocycles. The third-order valence-electron chi connectivity index (χ3n) is 4.91. The smallest absolute Gasteiger partial charge is 0.410 e. The average Bonchev–Trinajstić information content (AvgIpc) is 2.66. The molecule has 1 unspecified atom stereocenters.